The van der Waals surface area contributed by atoms with Crippen LogP contribution in [0.2, 0.25) is 0 Å². The highest BCUT2D eigenvalue weighted by atomic mass is 16.4. The van der Waals surface area contributed by atoms with E-state index >= 15 is 0 Å². The smallest absolute Gasteiger partial charge is 0.414 e. The molecule has 1 aromatic rings. The molecular formula is C9H13N3O4. The van der Waals surface area contributed by atoms with Crippen LogP contribution in [0.25, 0.3) is 0 Å². The third-order valence-corrected chi connectivity index (χ3v) is 2.05. The zero-order valence-electron chi connectivity index (χ0n) is 8.51. The summed E-state index contributed by atoms with van der Waals surface area (Å²) >= 11 is 0. The summed E-state index contributed by atoms with van der Waals surface area (Å²) in [4.78, 5) is 18.2. The van der Waals surface area contributed by atoms with E-state index in [2.05, 4.69) is 16.3 Å². The highest BCUT2D eigenvalue weighted by Gasteiger charge is 2.25. The minimum Gasteiger partial charge on any atom is -0.473 e. The number of carbonyl (C=O) groups is 2. The third kappa shape index (κ3) is 3.70. The van der Waals surface area contributed by atoms with Crippen molar-refractivity contribution in [1.29, 1.82) is 0 Å². The second-order valence-electron chi connectivity index (χ2n) is 3.41. The number of nitrogens with zero attached hydrogens (tertiary/aromatic N) is 1. The fraction of sp³-hybridized carbons (Fsp3) is 0.444. The maximum atomic E-state index is 9.10. The first-order valence-electron chi connectivity index (χ1n) is 4.75. The van der Waals surface area contributed by atoms with Gasteiger partial charge in [-0.25, -0.2) is 9.59 Å². The Bertz CT molecular complexity index is 372. The Hall–Kier alpha value is -1.89. The minimum atomic E-state index is -1.82. The average Bonchev–Trinajstić information content (AvgIpc) is 2.98. The molecule has 5 N–H and O–H groups in total. The van der Waals surface area contributed by atoms with Gasteiger partial charge in [0.05, 0.1) is 5.69 Å². The second-order valence-corrected chi connectivity index (χ2v) is 3.41. The van der Waals surface area contributed by atoms with Crippen LogP contribution in [0.15, 0.2) is 6.07 Å². The zero-order valence-corrected chi connectivity index (χ0v) is 8.51. The summed E-state index contributed by atoms with van der Waals surface area (Å²) in [6.45, 7) is 0.569. The van der Waals surface area contributed by atoms with Gasteiger partial charge >= 0.3 is 11.9 Å². The molecule has 7 heteroatoms. The molecule has 0 bridgehead atoms. The van der Waals surface area contributed by atoms with Crippen LogP contribution >= 0.6 is 0 Å². The maximum Gasteiger partial charge on any atom is 0.414 e. The monoisotopic (exact) mass is 227 g/mol. The molecule has 0 saturated heterocycles. The Kier molecular flexibility index (Phi) is 4.01. The predicted molar refractivity (Wildman–Crippen MR) is 53.7 cm³/mol. The minimum absolute atomic E-state index is 0.569. The van der Waals surface area contributed by atoms with Gasteiger partial charge < -0.3 is 15.9 Å². The molecule has 1 saturated carbocycles. The van der Waals surface area contributed by atoms with Crippen molar-refractivity contribution >= 4 is 11.9 Å². The van der Waals surface area contributed by atoms with Gasteiger partial charge in [0.25, 0.3) is 0 Å². The normalized spacial score (nSPS) is 13.8. The van der Waals surface area contributed by atoms with Crippen molar-refractivity contribution in [2.45, 2.75) is 25.3 Å². The van der Waals surface area contributed by atoms with Crippen molar-refractivity contribution in [3.63, 3.8) is 0 Å². The number of nitrogens with one attached hydrogen (secondary N) is 1. The van der Waals surface area contributed by atoms with Crippen LogP contribution < -0.4 is 5.73 Å². The summed E-state index contributed by atoms with van der Waals surface area (Å²) in [6.07, 6.45) is 2.60. The molecule has 1 heterocycles. The number of rotatable bonds is 2. The molecule has 16 heavy (non-hydrogen) atoms. The Balaban J connectivity index is 0.000000187. The fourth-order valence-corrected chi connectivity index (χ4v) is 1.07. The number of hydrogen-bond acceptors (Lipinski definition) is 4. The fourth-order valence-electron chi connectivity index (χ4n) is 1.07. The molecule has 1 aromatic heterocycles. The number of aromatic nitrogens is 2. The lowest BCUT2D eigenvalue weighted by Gasteiger charge is -1.82. The summed E-state index contributed by atoms with van der Waals surface area (Å²) in [7, 11) is 0. The molecule has 0 amide bonds. The van der Waals surface area contributed by atoms with E-state index in [9.17, 15) is 0 Å². The summed E-state index contributed by atoms with van der Waals surface area (Å²) < 4.78 is 0. The summed E-state index contributed by atoms with van der Waals surface area (Å²) in [6, 6.07) is 2.07. The molecule has 1 fully saturated rings. The van der Waals surface area contributed by atoms with Crippen LogP contribution in [0.1, 0.15) is 30.1 Å². The van der Waals surface area contributed by atoms with Crippen molar-refractivity contribution in [3.05, 3.63) is 17.5 Å². The number of aromatic amines is 1. The molecule has 0 aliphatic heterocycles. The highest BCUT2D eigenvalue weighted by Crippen LogP contribution is 2.38. The van der Waals surface area contributed by atoms with E-state index in [-0.39, 0.29) is 0 Å². The lowest BCUT2D eigenvalue weighted by Crippen LogP contribution is -2.09. The predicted octanol–water partition coefficient (Wildman–Crippen LogP) is -0.0986. The van der Waals surface area contributed by atoms with Gasteiger partial charge in [0, 0.05) is 18.2 Å². The first kappa shape index (κ1) is 12.2. The van der Waals surface area contributed by atoms with Crippen molar-refractivity contribution < 1.29 is 19.8 Å². The van der Waals surface area contributed by atoms with Gasteiger partial charge in [-0.1, -0.05) is 0 Å². The molecule has 7 nitrogen and oxygen atoms in total. The molecule has 88 valence electrons. The van der Waals surface area contributed by atoms with E-state index in [0.29, 0.717) is 6.54 Å². The summed E-state index contributed by atoms with van der Waals surface area (Å²) in [5, 5.41) is 21.8. The van der Waals surface area contributed by atoms with Crippen LogP contribution in [-0.2, 0) is 16.1 Å². The molecular weight excluding hydrogens is 214 g/mol. The van der Waals surface area contributed by atoms with E-state index in [1.807, 2.05) is 0 Å². The van der Waals surface area contributed by atoms with E-state index in [0.717, 1.165) is 11.6 Å². The van der Waals surface area contributed by atoms with Crippen molar-refractivity contribution in [3.8, 4) is 0 Å². The van der Waals surface area contributed by atoms with Crippen LogP contribution in [0, 0.1) is 0 Å². The zero-order chi connectivity index (χ0) is 12.1. The van der Waals surface area contributed by atoms with Gasteiger partial charge in [0.15, 0.2) is 0 Å². The van der Waals surface area contributed by atoms with Crippen molar-refractivity contribution in [2.24, 2.45) is 5.73 Å². The van der Waals surface area contributed by atoms with E-state index in [1.165, 1.54) is 18.5 Å². The van der Waals surface area contributed by atoms with Gasteiger partial charge in [-0.2, -0.15) is 5.10 Å². The van der Waals surface area contributed by atoms with Gasteiger partial charge in [-0.3, -0.25) is 5.10 Å². The van der Waals surface area contributed by atoms with Gasteiger partial charge in [0.2, 0.25) is 0 Å². The maximum absolute atomic E-state index is 9.10. The summed E-state index contributed by atoms with van der Waals surface area (Å²) in [5.74, 6) is -2.92. The van der Waals surface area contributed by atoms with E-state index in [1.54, 1.807) is 0 Å². The first-order chi connectivity index (χ1) is 7.54. The lowest BCUT2D eigenvalue weighted by atomic mass is 10.3. The Morgan fingerprint density at radius 2 is 2.00 bits per heavy atom. The Morgan fingerprint density at radius 1 is 1.44 bits per heavy atom. The van der Waals surface area contributed by atoms with Crippen LogP contribution in [-0.4, -0.2) is 32.3 Å². The molecule has 0 atom stereocenters. The number of aliphatic carboxylic acids is 2. The standard InChI is InChI=1S/C7H11N3.C2H2O4/c8-4-6-3-7(10-9-6)5-1-2-5;3-1(4)2(5)6/h3,5H,1-2,4,8H2,(H,9,10);(H,3,4)(H,5,6). The van der Waals surface area contributed by atoms with Gasteiger partial charge in [0.1, 0.15) is 0 Å². The van der Waals surface area contributed by atoms with E-state index < -0.39 is 11.9 Å². The molecule has 1 aliphatic carbocycles. The number of nitrogens with two attached hydrogens (primary N) is 1. The highest BCUT2D eigenvalue weighted by molar-refractivity contribution is 6.27. The Morgan fingerprint density at radius 3 is 2.31 bits per heavy atom. The average molecular weight is 227 g/mol. The largest absolute Gasteiger partial charge is 0.473 e. The lowest BCUT2D eigenvalue weighted by molar-refractivity contribution is -0.159. The molecule has 0 radical (unpaired) electrons. The van der Waals surface area contributed by atoms with Crippen LogP contribution in [0.3, 0.4) is 0 Å². The van der Waals surface area contributed by atoms with E-state index in [4.69, 9.17) is 25.5 Å². The molecule has 2 rings (SSSR count). The summed E-state index contributed by atoms with van der Waals surface area (Å²) in [5.41, 5.74) is 7.65. The molecule has 0 spiro atoms. The van der Waals surface area contributed by atoms with Gasteiger partial charge in [-0.05, 0) is 18.9 Å². The number of carboxylic acid groups (broad SMARTS) is 2. The quantitative estimate of drug-likeness (QED) is 0.522. The number of H-pyrrole nitrogens is 1. The van der Waals surface area contributed by atoms with Crippen molar-refractivity contribution in [2.75, 3.05) is 0 Å². The van der Waals surface area contributed by atoms with Crippen LogP contribution in [0.5, 0.6) is 0 Å². The topological polar surface area (TPSA) is 129 Å². The van der Waals surface area contributed by atoms with Crippen molar-refractivity contribution in [1.82, 2.24) is 10.2 Å². The number of hydrogen-bond donors (Lipinski definition) is 4. The molecule has 0 unspecified atom stereocenters. The Labute approximate surface area is 91.3 Å². The molecule has 0 aromatic carbocycles. The third-order valence-electron chi connectivity index (χ3n) is 2.05. The van der Waals surface area contributed by atoms with Crippen LogP contribution in [0.4, 0.5) is 0 Å². The van der Waals surface area contributed by atoms with Gasteiger partial charge in [-0.15, -0.1) is 0 Å². The first-order valence-corrected chi connectivity index (χ1v) is 4.75. The number of carboxylic acids is 2. The molecule has 1 aliphatic rings. The second kappa shape index (κ2) is 5.26. The SMILES string of the molecule is NCc1cc(C2CC2)n[nH]1.O=C(O)C(=O)O.